The average Bonchev–Trinajstić information content (AvgIpc) is 2.82. The number of hydrogen-bond donors (Lipinski definition) is 1. The van der Waals surface area contributed by atoms with Gasteiger partial charge in [-0.15, -0.1) is 0 Å². The second-order valence-electron chi connectivity index (χ2n) is 5.59. The number of carbonyl (C=O) groups excluding carboxylic acids is 1. The fourth-order valence-electron chi connectivity index (χ4n) is 2.55. The van der Waals surface area contributed by atoms with Crippen LogP contribution in [-0.4, -0.2) is 39.7 Å². The smallest absolute Gasteiger partial charge is 0.257 e. The maximum atomic E-state index is 12.6. The first-order valence-electron chi connectivity index (χ1n) is 7.15. The van der Waals surface area contributed by atoms with Crippen molar-refractivity contribution < 1.29 is 4.79 Å². The summed E-state index contributed by atoms with van der Waals surface area (Å²) in [5.74, 6) is 0.337. The van der Waals surface area contributed by atoms with Crippen LogP contribution < -0.4 is 5.73 Å². The van der Waals surface area contributed by atoms with E-state index in [0.717, 1.165) is 37.2 Å². The minimum atomic E-state index is 0.0820. The molecule has 106 valence electrons. The molecule has 1 atom stereocenters. The summed E-state index contributed by atoms with van der Waals surface area (Å²) < 4.78 is 1.84. The van der Waals surface area contributed by atoms with Crippen molar-refractivity contribution in [1.82, 2.24) is 14.7 Å². The molecule has 0 saturated carbocycles. The SMILES string of the molecule is CCn1cc(C(=O)N2CCC[C@@H](N)C2)c(C(C)C)n1. The number of aryl methyl sites for hydroxylation is 1. The number of likely N-dealkylation sites (tertiary alicyclic amines) is 1. The number of nitrogens with zero attached hydrogens (tertiary/aromatic N) is 3. The number of rotatable bonds is 3. The molecular formula is C14H24N4O. The first-order chi connectivity index (χ1) is 9.02. The molecule has 0 bridgehead atoms. The van der Waals surface area contributed by atoms with Crippen molar-refractivity contribution in [2.24, 2.45) is 5.73 Å². The number of nitrogens with two attached hydrogens (primary N) is 1. The first kappa shape index (κ1) is 14.1. The zero-order valence-corrected chi connectivity index (χ0v) is 12.1. The predicted octanol–water partition coefficient (Wildman–Crippen LogP) is 1.59. The van der Waals surface area contributed by atoms with Crippen LogP contribution in [0.15, 0.2) is 6.20 Å². The molecule has 0 radical (unpaired) electrons. The number of hydrogen-bond acceptors (Lipinski definition) is 3. The number of aromatic nitrogens is 2. The molecular weight excluding hydrogens is 240 g/mol. The van der Waals surface area contributed by atoms with Crippen LogP contribution in [0.25, 0.3) is 0 Å². The third kappa shape index (κ3) is 2.97. The Labute approximate surface area is 114 Å². The van der Waals surface area contributed by atoms with E-state index in [-0.39, 0.29) is 17.9 Å². The standard InChI is InChI=1S/C14H24N4O/c1-4-18-9-12(13(16-18)10(2)3)14(19)17-7-5-6-11(15)8-17/h9-11H,4-8,15H2,1-3H3/t11-/m1/s1. The molecule has 0 spiro atoms. The molecule has 2 rings (SSSR count). The van der Waals surface area contributed by atoms with Gasteiger partial charge in [0, 0.05) is 31.9 Å². The fraction of sp³-hybridized carbons (Fsp3) is 0.714. The van der Waals surface area contributed by atoms with Gasteiger partial charge in [0.05, 0.1) is 11.3 Å². The normalized spacial score (nSPS) is 20.1. The molecule has 1 aromatic rings. The van der Waals surface area contributed by atoms with Gasteiger partial charge in [-0.05, 0) is 25.7 Å². The monoisotopic (exact) mass is 264 g/mol. The van der Waals surface area contributed by atoms with Crippen molar-refractivity contribution in [3.8, 4) is 0 Å². The Morgan fingerprint density at radius 1 is 1.58 bits per heavy atom. The minimum absolute atomic E-state index is 0.0820. The number of amides is 1. The summed E-state index contributed by atoms with van der Waals surface area (Å²) in [6.07, 6.45) is 3.87. The van der Waals surface area contributed by atoms with Crippen molar-refractivity contribution in [2.75, 3.05) is 13.1 Å². The Morgan fingerprint density at radius 3 is 2.89 bits per heavy atom. The Bertz CT molecular complexity index is 452. The third-order valence-electron chi connectivity index (χ3n) is 3.64. The first-order valence-corrected chi connectivity index (χ1v) is 7.15. The van der Waals surface area contributed by atoms with E-state index >= 15 is 0 Å². The van der Waals surface area contributed by atoms with Crippen molar-refractivity contribution in [1.29, 1.82) is 0 Å². The zero-order chi connectivity index (χ0) is 14.0. The highest BCUT2D eigenvalue weighted by molar-refractivity contribution is 5.95. The van der Waals surface area contributed by atoms with Crippen LogP contribution in [0.2, 0.25) is 0 Å². The Morgan fingerprint density at radius 2 is 2.32 bits per heavy atom. The van der Waals surface area contributed by atoms with Gasteiger partial charge in [0.25, 0.3) is 5.91 Å². The summed E-state index contributed by atoms with van der Waals surface area (Å²) in [4.78, 5) is 14.5. The van der Waals surface area contributed by atoms with Crippen LogP contribution in [0.1, 0.15) is 55.6 Å². The second-order valence-corrected chi connectivity index (χ2v) is 5.59. The minimum Gasteiger partial charge on any atom is -0.337 e. The molecule has 1 amide bonds. The topological polar surface area (TPSA) is 64.2 Å². The van der Waals surface area contributed by atoms with E-state index in [1.54, 1.807) is 0 Å². The Balaban J connectivity index is 2.24. The van der Waals surface area contributed by atoms with Crippen molar-refractivity contribution >= 4 is 5.91 Å². The van der Waals surface area contributed by atoms with Crippen LogP contribution in [0.3, 0.4) is 0 Å². The lowest BCUT2D eigenvalue weighted by atomic mass is 10.0. The van der Waals surface area contributed by atoms with Crippen LogP contribution >= 0.6 is 0 Å². The van der Waals surface area contributed by atoms with E-state index in [4.69, 9.17) is 5.73 Å². The van der Waals surface area contributed by atoms with Gasteiger partial charge in [-0.1, -0.05) is 13.8 Å². The summed E-state index contributed by atoms with van der Waals surface area (Å²) in [6, 6.07) is 0.112. The number of carbonyl (C=O) groups is 1. The van der Waals surface area contributed by atoms with Gasteiger partial charge in [0.1, 0.15) is 0 Å². The molecule has 1 aliphatic rings. The summed E-state index contributed by atoms with van der Waals surface area (Å²) in [7, 11) is 0. The van der Waals surface area contributed by atoms with E-state index in [9.17, 15) is 4.79 Å². The van der Waals surface area contributed by atoms with Gasteiger partial charge >= 0.3 is 0 Å². The molecule has 0 unspecified atom stereocenters. The van der Waals surface area contributed by atoms with Crippen LogP contribution in [-0.2, 0) is 6.54 Å². The van der Waals surface area contributed by atoms with E-state index < -0.39 is 0 Å². The molecule has 5 nitrogen and oxygen atoms in total. The Hall–Kier alpha value is -1.36. The molecule has 5 heteroatoms. The summed E-state index contributed by atoms with van der Waals surface area (Å²) >= 11 is 0. The largest absolute Gasteiger partial charge is 0.337 e. The highest BCUT2D eigenvalue weighted by atomic mass is 16.2. The molecule has 2 N–H and O–H groups in total. The van der Waals surface area contributed by atoms with Gasteiger partial charge < -0.3 is 10.6 Å². The van der Waals surface area contributed by atoms with Crippen LogP contribution in [0.4, 0.5) is 0 Å². The second kappa shape index (κ2) is 5.74. The Kier molecular flexibility index (Phi) is 4.24. The lowest BCUT2D eigenvalue weighted by Crippen LogP contribution is -2.45. The zero-order valence-electron chi connectivity index (χ0n) is 12.1. The van der Waals surface area contributed by atoms with E-state index in [1.165, 1.54) is 0 Å². The molecule has 1 fully saturated rings. The van der Waals surface area contributed by atoms with Gasteiger partial charge in [0.2, 0.25) is 0 Å². The predicted molar refractivity (Wildman–Crippen MR) is 75.1 cm³/mol. The van der Waals surface area contributed by atoms with E-state index in [0.29, 0.717) is 6.54 Å². The van der Waals surface area contributed by atoms with Crippen molar-refractivity contribution in [3.05, 3.63) is 17.5 Å². The quantitative estimate of drug-likeness (QED) is 0.901. The molecule has 0 aliphatic carbocycles. The summed E-state index contributed by atoms with van der Waals surface area (Å²) in [5, 5.41) is 4.50. The summed E-state index contributed by atoms with van der Waals surface area (Å²) in [6.45, 7) is 8.42. The van der Waals surface area contributed by atoms with Crippen molar-refractivity contribution in [2.45, 2.75) is 52.1 Å². The van der Waals surface area contributed by atoms with E-state index in [1.807, 2.05) is 22.7 Å². The highest BCUT2D eigenvalue weighted by Gasteiger charge is 2.26. The fourth-order valence-corrected chi connectivity index (χ4v) is 2.55. The van der Waals surface area contributed by atoms with Crippen LogP contribution in [0, 0.1) is 0 Å². The molecule has 0 aromatic carbocycles. The number of piperidine rings is 1. The van der Waals surface area contributed by atoms with Gasteiger partial charge in [0.15, 0.2) is 0 Å². The van der Waals surface area contributed by atoms with E-state index in [2.05, 4.69) is 18.9 Å². The van der Waals surface area contributed by atoms with Gasteiger partial charge in [-0.3, -0.25) is 9.48 Å². The molecule has 19 heavy (non-hydrogen) atoms. The maximum Gasteiger partial charge on any atom is 0.257 e. The lowest BCUT2D eigenvalue weighted by Gasteiger charge is -2.30. The average molecular weight is 264 g/mol. The molecule has 1 aliphatic heterocycles. The third-order valence-corrected chi connectivity index (χ3v) is 3.64. The molecule has 2 heterocycles. The van der Waals surface area contributed by atoms with Crippen LogP contribution in [0.5, 0.6) is 0 Å². The van der Waals surface area contributed by atoms with Crippen molar-refractivity contribution in [3.63, 3.8) is 0 Å². The maximum absolute atomic E-state index is 12.6. The highest BCUT2D eigenvalue weighted by Crippen LogP contribution is 2.21. The summed E-state index contributed by atoms with van der Waals surface area (Å²) in [5.41, 5.74) is 7.59. The lowest BCUT2D eigenvalue weighted by molar-refractivity contribution is 0.0707. The van der Waals surface area contributed by atoms with Gasteiger partial charge in [-0.25, -0.2) is 0 Å². The molecule has 1 saturated heterocycles. The molecule has 1 aromatic heterocycles. The van der Waals surface area contributed by atoms with Gasteiger partial charge in [-0.2, -0.15) is 5.10 Å².